The Balaban J connectivity index is 3.16. The zero-order valence-electron chi connectivity index (χ0n) is 11.5. The van der Waals surface area contributed by atoms with Gasteiger partial charge in [0.05, 0.1) is 18.1 Å². The summed E-state index contributed by atoms with van der Waals surface area (Å²) in [6, 6.07) is 4.36. The normalized spacial score (nSPS) is 12.3. The van der Waals surface area contributed by atoms with Gasteiger partial charge in [0.15, 0.2) is 0 Å². The van der Waals surface area contributed by atoms with Crippen molar-refractivity contribution < 1.29 is 23.4 Å². The lowest BCUT2D eigenvalue weighted by molar-refractivity contribution is -0.146. The topological polar surface area (TPSA) is 46.5 Å². The first-order valence-electron chi connectivity index (χ1n) is 5.86. The summed E-state index contributed by atoms with van der Waals surface area (Å²) < 4.78 is 31.9. The standard InChI is InChI=1S/C14H18F2O3/c1-13(2,12(17)18)8-9-5-6-11(19-4)10(7-9)14(3,15)16/h5-7H,8H2,1-4H3,(H,17,18). The summed E-state index contributed by atoms with van der Waals surface area (Å²) >= 11 is 0. The van der Waals surface area contributed by atoms with Crippen molar-refractivity contribution in [2.45, 2.75) is 33.1 Å². The Labute approximate surface area is 111 Å². The summed E-state index contributed by atoms with van der Waals surface area (Å²) in [6.45, 7) is 3.91. The summed E-state index contributed by atoms with van der Waals surface area (Å²) in [5, 5.41) is 9.06. The maximum absolute atomic E-state index is 13.5. The molecule has 0 atom stereocenters. The molecule has 1 rings (SSSR count). The van der Waals surface area contributed by atoms with Crippen LogP contribution in [0.4, 0.5) is 8.78 Å². The van der Waals surface area contributed by atoms with E-state index in [9.17, 15) is 13.6 Å². The predicted molar refractivity (Wildman–Crippen MR) is 67.7 cm³/mol. The monoisotopic (exact) mass is 272 g/mol. The van der Waals surface area contributed by atoms with Gasteiger partial charge in [-0.1, -0.05) is 6.07 Å². The van der Waals surface area contributed by atoms with Crippen LogP contribution >= 0.6 is 0 Å². The van der Waals surface area contributed by atoms with Crippen molar-refractivity contribution in [1.29, 1.82) is 0 Å². The Morgan fingerprint density at radius 1 is 1.32 bits per heavy atom. The van der Waals surface area contributed by atoms with Gasteiger partial charge in [-0.05, 0) is 38.0 Å². The summed E-state index contributed by atoms with van der Waals surface area (Å²) in [5.41, 5.74) is -0.687. The predicted octanol–water partition coefficient (Wildman–Crippen LogP) is 3.46. The Bertz CT molecular complexity index is 476. The van der Waals surface area contributed by atoms with Gasteiger partial charge in [0.2, 0.25) is 0 Å². The third kappa shape index (κ3) is 3.66. The van der Waals surface area contributed by atoms with Crippen molar-refractivity contribution in [2.24, 2.45) is 5.41 Å². The minimum atomic E-state index is -3.03. The van der Waals surface area contributed by atoms with Crippen LogP contribution in [0.5, 0.6) is 5.75 Å². The Morgan fingerprint density at radius 2 is 1.89 bits per heavy atom. The van der Waals surface area contributed by atoms with Crippen molar-refractivity contribution >= 4 is 5.97 Å². The van der Waals surface area contributed by atoms with Crippen molar-refractivity contribution in [3.05, 3.63) is 29.3 Å². The van der Waals surface area contributed by atoms with Crippen LogP contribution in [0.3, 0.4) is 0 Å². The highest BCUT2D eigenvalue weighted by Crippen LogP contribution is 2.36. The highest BCUT2D eigenvalue weighted by Gasteiger charge is 2.31. The van der Waals surface area contributed by atoms with Gasteiger partial charge >= 0.3 is 5.97 Å². The molecule has 0 unspecified atom stereocenters. The largest absolute Gasteiger partial charge is 0.496 e. The molecule has 1 aromatic rings. The number of hydrogen-bond acceptors (Lipinski definition) is 2. The van der Waals surface area contributed by atoms with Crippen LogP contribution in [-0.2, 0) is 17.1 Å². The highest BCUT2D eigenvalue weighted by molar-refractivity contribution is 5.74. The van der Waals surface area contributed by atoms with E-state index in [0.29, 0.717) is 5.56 Å². The van der Waals surface area contributed by atoms with Crippen LogP contribution in [0.2, 0.25) is 0 Å². The lowest BCUT2D eigenvalue weighted by atomic mass is 9.85. The second-order valence-electron chi connectivity index (χ2n) is 5.29. The minimum Gasteiger partial charge on any atom is -0.496 e. The zero-order valence-corrected chi connectivity index (χ0v) is 11.5. The molecule has 0 saturated carbocycles. The number of ether oxygens (including phenoxy) is 1. The molecule has 0 radical (unpaired) electrons. The summed E-state index contributed by atoms with van der Waals surface area (Å²) in [4.78, 5) is 11.1. The van der Waals surface area contributed by atoms with E-state index < -0.39 is 17.3 Å². The molecule has 0 aliphatic heterocycles. The molecule has 5 heteroatoms. The molecule has 0 heterocycles. The smallest absolute Gasteiger partial charge is 0.309 e. The number of methoxy groups -OCH3 is 1. The molecule has 106 valence electrons. The average Bonchev–Trinajstić information content (AvgIpc) is 2.27. The van der Waals surface area contributed by atoms with E-state index in [1.807, 2.05) is 0 Å². The van der Waals surface area contributed by atoms with E-state index in [2.05, 4.69) is 0 Å². The number of benzene rings is 1. The molecule has 0 bridgehead atoms. The number of carbonyl (C=O) groups is 1. The molecular formula is C14H18F2O3. The molecule has 0 aliphatic carbocycles. The van der Waals surface area contributed by atoms with Gasteiger partial charge in [-0.25, -0.2) is 8.78 Å². The van der Waals surface area contributed by atoms with Crippen molar-refractivity contribution in [2.75, 3.05) is 7.11 Å². The average molecular weight is 272 g/mol. The van der Waals surface area contributed by atoms with Gasteiger partial charge in [-0.15, -0.1) is 0 Å². The number of carboxylic acids is 1. The quantitative estimate of drug-likeness (QED) is 0.892. The Morgan fingerprint density at radius 3 is 2.32 bits per heavy atom. The summed E-state index contributed by atoms with van der Waals surface area (Å²) in [6.07, 6.45) is 0.176. The second kappa shape index (κ2) is 5.15. The number of rotatable bonds is 5. The molecule has 1 aromatic carbocycles. The van der Waals surface area contributed by atoms with Gasteiger partial charge in [-0.3, -0.25) is 4.79 Å². The van der Waals surface area contributed by atoms with Crippen LogP contribution in [0.15, 0.2) is 18.2 Å². The van der Waals surface area contributed by atoms with E-state index in [1.54, 1.807) is 19.9 Å². The number of halogens is 2. The van der Waals surface area contributed by atoms with E-state index >= 15 is 0 Å². The minimum absolute atomic E-state index is 0.101. The molecule has 0 aromatic heterocycles. The zero-order chi connectivity index (χ0) is 14.8. The summed E-state index contributed by atoms with van der Waals surface area (Å²) in [5.74, 6) is -3.90. The van der Waals surface area contributed by atoms with Gasteiger partial charge in [0.1, 0.15) is 5.75 Å². The van der Waals surface area contributed by atoms with Crippen LogP contribution in [0.1, 0.15) is 31.9 Å². The molecule has 0 spiro atoms. The fourth-order valence-corrected chi connectivity index (χ4v) is 1.79. The second-order valence-corrected chi connectivity index (χ2v) is 5.29. The van der Waals surface area contributed by atoms with E-state index in [4.69, 9.17) is 9.84 Å². The van der Waals surface area contributed by atoms with E-state index in [1.165, 1.54) is 19.2 Å². The van der Waals surface area contributed by atoms with Crippen LogP contribution < -0.4 is 4.74 Å². The molecule has 19 heavy (non-hydrogen) atoms. The molecular weight excluding hydrogens is 254 g/mol. The van der Waals surface area contributed by atoms with Crippen molar-refractivity contribution in [3.8, 4) is 5.75 Å². The van der Waals surface area contributed by atoms with E-state index in [-0.39, 0.29) is 17.7 Å². The maximum Gasteiger partial charge on any atom is 0.309 e. The third-order valence-corrected chi connectivity index (χ3v) is 2.96. The maximum atomic E-state index is 13.5. The van der Waals surface area contributed by atoms with E-state index in [0.717, 1.165) is 6.92 Å². The SMILES string of the molecule is COc1ccc(CC(C)(C)C(=O)O)cc1C(C)(F)F. The van der Waals surface area contributed by atoms with Gasteiger partial charge < -0.3 is 9.84 Å². The Hall–Kier alpha value is -1.65. The number of aliphatic carboxylic acids is 1. The first-order chi connectivity index (χ1) is 8.58. The lowest BCUT2D eigenvalue weighted by Gasteiger charge is -2.21. The highest BCUT2D eigenvalue weighted by atomic mass is 19.3. The molecule has 3 nitrogen and oxygen atoms in total. The van der Waals surface area contributed by atoms with Gasteiger partial charge in [-0.2, -0.15) is 0 Å². The number of alkyl halides is 2. The van der Waals surface area contributed by atoms with Crippen LogP contribution in [0.25, 0.3) is 0 Å². The molecule has 0 amide bonds. The van der Waals surface area contributed by atoms with Crippen LogP contribution in [0, 0.1) is 5.41 Å². The molecule has 1 N–H and O–H groups in total. The fraction of sp³-hybridized carbons (Fsp3) is 0.500. The first-order valence-corrected chi connectivity index (χ1v) is 5.86. The lowest BCUT2D eigenvalue weighted by Crippen LogP contribution is -2.26. The molecule has 0 saturated heterocycles. The molecule has 0 fully saturated rings. The van der Waals surface area contributed by atoms with Gasteiger partial charge in [0.25, 0.3) is 5.92 Å². The third-order valence-electron chi connectivity index (χ3n) is 2.96. The van der Waals surface area contributed by atoms with Crippen molar-refractivity contribution in [1.82, 2.24) is 0 Å². The van der Waals surface area contributed by atoms with Crippen LogP contribution in [-0.4, -0.2) is 18.2 Å². The fourth-order valence-electron chi connectivity index (χ4n) is 1.79. The number of hydrogen-bond donors (Lipinski definition) is 1. The Kier molecular flexibility index (Phi) is 4.18. The summed E-state index contributed by atoms with van der Waals surface area (Å²) in [7, 11) is 1.32. The van der Waals surface area contributed by atoms with Gasteiger partial charge in [0, 0.05) is 6.92 Å². The first kappa shape index (κ1) is 15.4. The molecule has 0 aliphatic rings. The number of carboxylic acid groups (broad SMARTS) is 1. The van der Waals surface area contributed by atoms with Crippen molar-refractivity contribution in [3.63, 3.8) is 0 Å².